The van der Waals surface area contributed by atoms with Gasteiger partial charge in [-0.25, -0.2) is 0 Å². The highest BCUT2D eigenvalue weighted by Gasteiger charge is 2.30. The van der Waals surface area contributed by atoms with Crippen molar-refractivity contribution < 1.29 is 15.0 Å². The van der Waals surface area contributed by atoms with Crippen molar-refractivity contribution >= 4 is 5.91 Å². The SMILES string of the molecule is CNCC1CCCN1C(=O)c1cc(O)ccc1O. The summed E-state index contributed by atoms with van der Waals surface area (Å²) in [6.45, 7) is 1.44. The molecule has 5 heteroatoms. The lowest BCUT2D eigenvalue weighted by Gasteiger charge is -2.24. The van der Waals surface area contributed by atoms with Crippen molar-refractivity contribution in [2.24, 2.45) is 0 Å². The average molecular weight is 250 g/mol. The second kappa shape index (κ2) is 5.27. The summed E-state index contributed by atoms with van der Waals surface area (Å²) < 4.78 is 0. The summed E-state index contributed by atoms with van der Waals surface area (Å²) in [6.07, 6.45) is 1.93. The van der Waals surface area contributed by atoms with E-state index in [0.29, 0.717) is 6.54 Å². The zero-order valence-electron chi connectivity index (χ0n) is 10.4. The summed E-state index contributed by atoms with van der Waals surface area (Å²) in [5.74, 6) is -0.324. The van der Waals surface area contributed by atoms with Crippen molar-refractivity contribution in [2.75, 3.05) is 20.1 Å². The molecule has 1 aromatic carbocycles. The summed E-state index contributed by atoms with van der Waals surface area (Å²) in [5.41, 5.74) is 0.165. The van der Waals surface area contributed by atoms with Crippen molar-refractivity contribution in [3.8, 4) is 11.5 Å². The number of aromatic hydroxyl groups is 2. The van der Waals surface area contributed by atoms with E-state index in [2.05, 4.69) is 5.32 Å². The van der Waals surface area contributed by atoms with Gasteiger partial charge < -0.3 is 20.4 Å². The van der Waals surface area contributed by atoms with Gasteiger partial charge in [-0.3, -0.25) is 4.79 Å². The Morgan fingerprint density at radius 1 is 1.50 bits per heavy atom. The number of nitrogens with one attached hydrogen (secondary N) is 1. The third-order valence-electron chi connectivity index (χ3n) is 3.29. The van der Waals surface area contributed by atoms with Gasteiger partial charge in [0.1, 0.15) is 11.5 Å². The first-order valence-corrected chi connectivity index (χ1v) is 6.11. The van der Waals surface area contributed by atoms with Crippen molar-refractivity contribution in [2.45, 2.75) is 18.9 Å². The van der Waals surface area contributed by atoms with E-state index >= 15 is 0 Å². The van der Waals surface area contributed by atoms with Gasteiger partial charge in [0.15, 0.2) is 0 Å². The van der Waals surface area contributed by atoms with Gasteiger partial charge in [-0.2, -0.15) is 0 Å². The number of amides is 1. The van der Waals surface area contributed by atoms with E-state index < -0.39 is 0 Å². The first-order valence-electron chi connectivity index (χ1n) is 6.11. The molecule has 0 saturated carbocycles. The minimum absolute atomic E-state index is 0.0134. The normalized spacial score (nSPS) is 19.2. The number of phenolic OH excluding ortho intramolecular Hbond substituents is 2. The highest BCUT2D eigenvalue weighted by molar-refractivity contribution is 5.97. The predicted molar refractivity (Wildman–Crippen MR) is 67.8 cm³/mol. The van der Waals surface area contributed by atoms with Crippen LogP contribution in [0.4, 0.5) is 0 Å². The average Bonchev–Trinajstić information content (AvgIpc) is 2.80. The molecule has 0 aromatic heterocycles. The maximum absolute atomic E-state index is 12.3. The minimum Gasteiger partial charge on any atom is -0.508 e. The lowest BCUT2D eigenvalue weighted by Crippen LogP contribution is -2.40. The lowest BCUT2D eigenvalue weighted by atomic mass is 10.1. The summed E-state index contributed by atoms with van der Waals surface area (Å²) in [5, 5.41) is 22.2. The molecule has 1 aliphatic heterocycles. The topological polar surface area (TPSA) is 72.8 Å². The summed E-state index contributed by atoms with van der Waals surface area (Å²) in [6, 6.07) is 4.17. The van der Waals surface area contributed by atoms with Gasteiger partial charge in [0, 0.05) is 19.1 Å². The number of likely N-dealkylation sites (N-methyl/N-ethyl adjacent to an activating group) is 1. The van der Waals surface area contributed by atoms with Crippen LogP contribution in [0.2, 0.25) is 0 Å². The van der Waals surface area contributed by atoms with Crippen LogP contribution in [0.15, 0.2) is 18.2 Å². The number of hydrogen-bond donors (Lipinski definition) is 3. The molecule has 2 rings (SSSR count). The van der Waals surface area contributed by atoms with E-state index in [4.69, 9.17) is 0 Å². The molecule has 0 radical (unpaired) electrons. The molecule has 1 amide bonds. The van der Waals surface area contributed by atoms with E-state index in [1.165, 1.54) is 18.2 Å². The number of rotatable bonds is 3. The Labute approximate surface area is 106 Å². The molecule has 1 unspecified atom stereocenters. The van der Waals surface area contributed by atoms with Gasteiger partial charge in [0.2, 0.25) is 0 Å². The van der Waals surface area contributed by atoms with Gasteiger partial charge in [-0.15, -0.1) is 0 Å². The molecular weight excluding hydrogens is 232 g/mol. The smallest absolute Gasteiger partial charge is 0.258 e. The molecule has 1 aromatic rings. The minimum atomic E-state index is -0.221. The van der Waals surface area contributed by atoms with Crippen LogP contribution in [0, 0.1) is 0 Å². The first-order chi connectivity index (χ1) is 8.63. The summed E-state index contributed by atoms with van der Waals surface area (Å²) in [4.78, 5) is 14.1. The molecule has 1 atom stereocenters. The van der Waals surface area contributed by atoms with E-state index in [1.54, 1.807) is 4.90 Å². The van der Waals surface area contributed by atoms with E-state index in [1.807, 2.05) is 7.05 Å². The molecule has 1 saturated heterocycles. The number of carbonyl (C=O) groups excluding carboxylic acids is 1. The van der Waals surface area contributed by atoms with Crippen molar-refractivity contribution in [3.63, 3.8) is 0 Å². The number of benzene rings is 1. The van der Waals surface area contributed by atoms with Crippen LogP contribution < -0.4 is 5.32 Å². The van der Waals surface area contributed by atoms with E-state index in [9.17, 15) is 15.0 Å². The third-order valence-corrected chi connectivity index (χ3v) is 3.29. The Morgan fingerprint density at radius 2 is 2.28 bits per heavy atom. The fourth-order valence-corrected chi connectivity index (χ4v) is 2.40. The Balaban J connectivity index is 2.22. The molecule has 5 nitrogen and oxygen atoms in total. The zero-order chi connectivity index (χ0) is 13.1. The monoisotopic (exact) mass is 250 g/mol. The molecule has 1 fully saturated rings. The van der Waals surface area contributed by atoms with Crippen LogP contribution in [-0.4, -0.2) is 47.2 Å². The Hall–Kier alpha value is -1.75. The van der Waals surface area contributed by atoms with Crippen LogP contribution in [-0.2, 0) is 0 Å². The Kier molecular flexibility index (Phi) is 3.72. The van der Waals surface area contributed by atoms with Crippen LogP contribution in [0.1, 0.15) is 23.2 Å². The van der Waals surface area contributed by atoms with Crippen molar-refractivity contribution in [1.29, 1.82) is 0 Å². The van der Waals surface area contributed by atoms with E-state index in [-0.39, 0.29) is 29.0 Å². The highest BCUT2D eigenvalue weighted by atomic mass is 16.3. The molecule has 1 heterocycles. The fraction of sp³-hybridized carbons (Fsp3) is 0.462. The maximum Gasteiger partial charge on any atom is 0.258 e. The van der Waals surface area contributed by atoms with Gasteiger partial charge in [0.25, 0.3) is 5.91 Å². The summed E-state index contributed by atoms with van der Waals surface area (Å²) >= 11 is 0. The van der Waals surface area contributed by atoms with Gasteiger partial charge in [0.05, 0.1) is 5.56 Å². The number of hydrogen-bond acceptors (Lipinski definition) is 4. The largest absolute Gasteiger partial charge is 0.508 e. The second-order valence-corrected chi connectivity index (χ2v) is 4.55. The molecule has 98 valence electrons. The molecule has 0 bridgehead atoms. The van der Waals surface area contributed by atoms with Crippen LogP contribution in [0.5, 0.6) is 11.5 Å². The standard InChI is InChI=1S/C13H18N2O3/c1-14-8-9-3-2-6-15(9)13(18)11-7-10(16)4-5-12(11)17/h4-5,7,9,14,16-17H,2-3,6,8H2,1H3. The van der Waals surface area contributed by atoms with Crippen molar-refractivity contribution in [1.82, 2.24) is 10.2 Å². The second-order valence-electron chi connectivity index (χ2n) is 4.55. The summed E-state index contributed by atoms with van der Waals surface area (Å²) in [7, 11) is 1.85. The van der Waals surface area contributed by atoms with Crippen LogP contribution >= 0.6 is 0 Å². The predicted octanol–water partition coefficient (Wildman–Crippen LogP) is 0.922. The number of nitrogens with zero attached hydrogens (tertiary/aromatic N) is 1. The van der Waals surface area contributed by atoms with E-state index in [0.717, 1.165) is 19.4 Å². The molecule has 3 N–H and O–H groups in total. The van der Waals surface area contributed by atoms with Crippen LogP contribution in [0.3, 0.4) is 0 Å². The van der Waals surface area contributed by atoms with Gasteiger partial charge >= 0.3 is 0 Å². The lowest BCUT2D eigenvalue weighted by molar-refractivity contribution is 0.0733. The molecule has 0 aliphatic carbocycles. The maximum atomic E-state index is 12.3. The number of likely N-dealkylation sites (tertiary alicyclic amines) is 1. The van der Waals surface area contributed by atoms with Gasteiger partial charge in [-0.05, 0) is 38.1 Å². The van der Waals surface area contributed by atoms with Gasteiger partial charge in [-0.1, -0.05) is 0 Å². The zero-order valence-corrected chi connectivity index (χ0v) is 10.4. The molecule has 18 heavy (non-hydrogen) atoms. The number of phenols is 2. The van der Waals surface area contributed by atoms with Crippen LogP contribution in [0.25, 0.3) is 0 Å². The molecule has 0 spiro atoms. The first kappa shape index (κ1) is 12.7. The fourth-order valence-electron chi connectivity index (χ4n) is 2.40. The number of carbonyl (C=O) groups is 1. The van der Waals surface area contributed by atoms with Crippen molar-refractivity contribution in [3.05, 3.63) is 23.8 Å². The molecular formula is C13H18N2O3. The third kappa shape index (κ3) is 2.41. The Morgan fingerprint density at radius 3 is 3.00 bits per heavy atom. The quantitative estimate of drug-likeness (QED) is 0.698. The highest BCUT2D eigenvalue weighted by Crippen LogP contribution is 2.26. The molecule has 1 aliphatic rings. The Bertz CT molecular complexity index is 448.